The molecule has 35 heavy (non-hydrogen) atoms. The lowest BCUT2D eigenvalue weighted by Crippen LogP contribution is -2.35. The quantitative estimate of drug-likeness (QED) is 0.464. The number of nitrogens with one attached hydrogen (secondary N) is 2. The summed E-state index contributed by atoms with van der Waals surface area (Å²) < 4.78 is 0. The van der Waals surface area contributed by atoms with Gasteiger partial charge in [0.25, 0.3) is 5.91 Å². The van der Waals surface area contributed by atoms with E-state index in [9.17, 15) is 9.59 Å². The molecule has 6 nitrogen and oxygen atoms in total. The van der Waals surface area contributed by atoms with Gasteiger partial charge in [-0.3, -0.25) is 14.6 Å². The Morgan fingerprint density at radius 3 is 2.51 bits per heavy atom. The number of anilines is 2. The second-order valence-corrected chi connectivity index (χ2v) is 9.31. The summed E-state index contributed by atoms with van der Waals surface area (Å²) in [5, 5.41) is 6.08. The summed E-state index contributed by atoms with van der Waals surface area (Å²) in [5.41, 5.74) is 4.04. The highest BCUT2D eigenvalue weighted by atomic mass is 16.2. The Kier molecular flexibility index (Phi) is 8.14. The van der Waals surface area contributed by atoms with Crippen LogP contribution in [0.1, 0.15) is 60.5 Å². The van der Waals surface area contributed by atoms with E-state index in [2.05, 4.69) is 27.4 Å². The number of nitrogens with zero attached hydrogens (tertiary/aromatic N) is 2. The number of hydrogen-bond acceptors (Lipinski definition) is 4. The predicted octanol–water partition coefficient (Wildman–Crippen LogP) is 5.38. The van der Waals surface area contributed by atoms with Crippen LogP contribution in [0.4, 0.5) is 11.4 Å². The standard InChI is InChI=1S/C29H34N4O2/c1-3-25(23-9-5-4-6-10-23)29(35)32-24-11-12-27(33-16-13-21(2)14-17-33)26(18-24)28(34)31-20-22-8-7-15-30-19-22/h4-12,15,18-19,21,25H,3,13-14,16-17,20H2,1-2H3,(H,31,34)(H,32,35). The molecule has 2 N–H and O–H groups in total. The monoisotopic (exact) mass is 470 g/mol. The van der Waals surface area contributed by atoms with Crippen LogP contribution in [0, 0.1) is 5.92 Å². The fourth-order valence-corrected chi connectivity index (χ4v) is 4.59. The molecule has 0 spiro atoms. The van der Waals surface area contributed by atoms with Gasteiger partial charge in [-0.2, -0.15) is 0 Å². The van der Waals surface area contributed by atoms with Gasteiger partial charge in [0.2, 0.25) is 5.91 Å². The summed E-state index contributed by atoms with van der Waals surface area (Å²) in [7, 11) is 0. The molecule has 0 aliphatic carbocycles. The number of pyridine rings is 1. The Labute approximate surface area is 207 Å². The van der Waals surface area contributed by atoms with E-state index < -0.39 is 0 Å². The minimum atomic E-state index is -0.248. The topological polar surface area (TPSA) is 74.3 Å². The summed E-state index contributed by atoms with van der Waals surface area (Å²) in [6.07, 6.45) is 6.36. The first-order valence-electron chi connectivity index (χ1n) is 12.5. The number of hydrogen-bond donors (Lipinski definition) is 2. The van der Waals surface area contributed by atoms with E-state index in [0.717, 1.165) is 42.7 Å². The van der Waals surface area contributed by atoms with Crippen LogP contribution in [0.25, 0.3) is 0 Å². The lowest BCUT2D eigenvalue weighted by atomic mass is 9.95. The van der Waals surface area contributed by atoms with Crippen LogP contribution in [0.2, 0.25) is 0 Å². The van der Waals surface area contributed by atoms with Crippen molar-refractivity contribution in [1.29, 1.82) is 0 Å². The van der Waals surface area contributed by atoms with Crippen LogP contribution in [0.5, 0.6) is 0 Å². The minimum absolute atomic E-state index is 0.0695. The van der Waals surface area contributed by atoms with Crippen LogP contribution in [0.3, 0.4) is 0 Å². The van der Waals surface area contributed by atoms with Gasteiger partial charge in [0.05, 0.1) is 11.5 Å². The van der Waals surface area contributed by atoms with Crippen molar-refractivity contribution in [3.8, 4) is 0 Å². The third-order valence-electron chi connectivity index (χ3n) is 6.74. The normalized spacial score (nSPS) is 14.9. The first kappa shape index (κ1) is 24.5. The van der Waals surface area contributed by atoms with Crippen molar-refractivity contribution >= 4 is 23.2 Å². The average molecular weight is 471 g/mol. The van der Waals surface area contributed by atoms with Gasteiger partial charge in [-0.15, -0.1) is 0 Å². The van der Waals surface area contributed by atoms with Crippen molar-refractivity contribution in [2.75, 3.05) is 23.3 Å². The fourth-order valence-electron chi connectivity index (χ4n) is 4.59. The number of rotatable bonds is 8. The second-order valence-electron chi connectivity index (χ2n) is 9.31. The molecule has 1 aromatic heterocycles. The van der Waals surface area contributed by atoms with E-state index in [-0.39, 0.29) is 17.7 Å². The summed E-state index contributed by atoms with van der Waals surface area (Å²) >= 11 is 0. The van der Waals surface area contributed by atoms with Gasteiger partial charge in [-0.1, -0.05) is 50.2 Å². The molecule has 6 heteroatoms. The molecule has 0 bridgehead atoms. The zero-order valence-electron chi connectivity index (χ0n) is 20.5. The molecule has 2 aromatic carbocycles. The zero-order valence-corrected chi connectivity index (χ0v) is 20.5. The number of piperidine rings is 1. The second kappa shape index (κ2) is 11.6. The summed E-state index contributed by atoms with van der Waals surface area (Å²) in [5.74, 6) is 0.215. The van der Waals surface area contributed by atoms with Gasteiger partial charge in [0, 0.05) is 43.4 Å². The molecule has 1 atom stereocenters. The van der Waals surface area contributed by atoms with Crippen molar-refractivity contribution in [2.24, 2.45) is 5.92 Å². The average Bonchev–Trinajstić information content (AvgIpc) is 2.89. The number of amides is 2. The van der Waals surface area contributed by atoms with Crippen LogP contribution < -0.4 is 15.5 Å². The maximum Gasteiger partial charge on any atom is 0.253 e. The first-order valence-corrected chi connectivity index (χ1v) is 12.5. The van der Waals surface area contributed by atoms with Gasteiger partial charge in [0.1, 0.15) is 0 Å². The van der Waals surface area contributed by atoms with Crippen molar-refractivity contribution in [1.82, 2.24) is 10.3 Å². The van der Waals surface area contributed by atoms with E-state index in [4.69, 9.17) is 0 Å². The Bertz CT molecular complexity index is 1130. The van der Waals surface area contributed by atoms with Crippen molar-refractivity contribution in [3.63, 3.8) is 0 Å². The molecule has 1 aliphatic heterocycles. The molecule has 3 aromatic rings. The molecular formula is C29H34N4O2. The first-order chi connectivity index (χ1) is 17.0. The number of benzene rings is 2. The third-order valence-corrected chi connectivity index (χ3v) is 6.74. The highest BCUT2D eigenvalue weighted by Gasteiger charge is 2.23. The molecule has 1 aliphatic rings. The van der Waals surface area contributed by atoms with E-state index >= 15 is 0 Å². The van der Waals surface area contributed by atoms with E-state index in [1.54, 1.807) is 12.4 Å². The molecule has 2 amide bonds. The third kappa shape index (κ3) is 6.27. The zero-order chi connectivity index (χ0) is 24.6. The SMILES string of the molecule is CCC(C(=O)Nc1ccc(N2CCC(C)CC2)c(C(=O)NCc2cccnc2)c1)c1ccccc1. The van der Waals surface area contributed by atoms with E-state index in [1.165, 1.54) is 0 Å². The van der Waals surface area contributed by atoms with E-state index in [1.807, 2.05) is 67.6 Å². The van der Waals surface area contributed by atoms with Crippen LogP contribution >= 0.6 is 0 Å². The van der Waals surface area contributed by atoms with Gasteiger partial charge >= 0.3 is 0 Å². The van der Waals surface area contributed by atoms with Crippen LogP contribution in [-0.2, 0) is 11.3 Å². The Balaban J connectivity index is 1.56. The Morgan fingerprint density at radius 1 is 1.06 bits per heavy atom. The van der Waals surface area contributed by atoms with Gasteiger partial charge in [-0.25, -0.2) is 0 Å². The largest absolute Gasteiger partial charge is 0.371 e. The minimum Gasteiger partial charge on any atom is -0.371 e. The van der Waals surface area contributed by atoms with Gasteiger partial charge < -0.3 is 15.5 Å². The maximum absolute atomic E-state index is 13.3. The molecule has 182 valence electrons. The van der Waals surface area contributed by atoms with Crippen molar-refractivity contribution in [3.05, 3.63) is 89.7 Å². The fraction of sp³-hybridized carbons (Fsp3) is 0.345. The molecule has 1 saturated heterocycles. The molecule has 0 saturated carbocycles. The van der Waals surface area contributed by atoms with Crippen LogP contribution in [-0.4, -0.2) is 29.9 Å². The highest BCUT2D eigenvalue weighted by Crippen LogP contribution is 2.30. The lowest BCUT2D eigenvalue weighted by Gasteiger charge is -2.33. The van der Waals surface area contributed by atoms with Crippen LogP contribution in [0.15, 0.2) is 73.1 Å². The summed E-state index contributed by atoms with van der Waals surface area (Å²) in [6.45, 7) is 6.51. The predicted molar refractivity (Wildman–Crippen MR) is 141 cm³/mol. The van der Waals surface area contributed by atoms with Crippen molar-refractivity contribution < 1.29 is 9.59 Å². The number of carbonyl (C=O) groups excluding carboxylic acids is 2. The van der Waals surface area contributed by atoms with E-state index in [0.29, 0.717) is 30.1 Å². The molecule has 1 unspecified atom stereocenters. The smallest absolute Gasteiger partial charge is 0.253 e. The summed E-state index contributed by atoms with van der Waals surface area (Å²) in [4.78, 5) is 32.9. The highest BCUT2D eigenvalue weighted by molar-refractivity contribution is 6.02. The van der Waals surface area contributed by atoms with Crippen molar-refractivity contribution in [2.45, 2.75) is 45.6 Å². The Hall–Kier alpha value is -3.67. The summed E-state index contributed by atoms with van der Waals surface area (Å²) in [6, 6.07) is 19.3. The van der Waals surface area contributed by atoms with Gasteiger partial charge in [-0.05, 0) is 60.6 Å². The molecule has 0 radical (unpaired) electrons. The molecule has 4 rings (SSSR count). The molecular weight excluding hydrogens is 436 g/mol. The lowest BCUT2D eigenvalue weighted by molar-refractivity contribution is -0.117. The number of aromatic nitrogens is 1. The number of carbonyl (C=O) groups is 2. The Morgan fingerprint density at radius 2 is 1.83 bits per heavy atom. The van der Waals surface area contributed by atoms with Gasteiger partial charge in [0.15, 0.2) is 0 Å². The molecule has 1 fully saturated rings. The molecule has 2 heterocycles. The maximum atomic E-state index is 13.3.